The summed E-state index contributed by atoms with van der Waals surface area (Å²) in [4.78, 5) is 30.4. The third-order valence-corrected chi connectivity index (χ3v) is 5.01. The number of rotatable bonds is 20. The minimum atomic E-state index is -1.17. The van der Waals surface area contributed by atoms with Gasteiger partial charge in [0.05, 0.1) is 0 Å². The summed E-state index contributed by atoms with van der Waals surface area (Å²) in [5.74, 6) is -2.35. The van der Waals surface area contributed by atoms with Crippen LogP contribution in [0.5, 0.6) is 0 Å². The Balaban J connectivity index is 0. The minimum Gasteiger partial charge on any atom is -0.481 e. The van der Waals surface area contributed by atoms with Gasteiger partial charge in [-0.1, -0.05) is 96.8 Å². The van der Waals surface area contributed by atoms with Crippen LogP contribution >= 0.6 is 0 Å². The van der Waals surface area contributed by atoms with E-state index in [-0.39, 0.29) is 18.7 Å². The van der Waals surface area contributed by atoms with Crippen molar-refractivity contribution in [2.24, 2.45) is 11.5 Å². The number of carboxylic acid groups (broad SMARTS) is 2. The van der Waals surface area contributed by atoms with E-state index in [1.807, 2.05) is 0 Å². The Morgan fingerprint density at radius 2 is 1.03 bits per heavy atom. The highest BCUT2D eigenvalue weighted by Crippen LogP contribution is 2.13. The van der Waals surface area contributed by atoms with Gasteiger partial charge in [-0.3, -0.25) is 14.4 Å². The van der Waals surface area contributed by atoms with E-state index in [9.17, 15) is 14.4 Å². The smallest absolute Gasteiger partial charge is 0.320 e. The third kappa shape index (κ3) is 28.6. The zero-order valence-corrected chi connectivity index (χ0v) is 19.1. The first-order chi connectivity index (χ1) is 14.3. The molecule has 1 amide bonds. The van der Waals surface area contributed by atoms with Crippen molar-refractivity contribution in [1.29, 1.82) is 0 Å². The number of hydrogen-bond donors (Lipinski definition) is 4. The molecule has 30 heavy (non-hydrogen) atoms. The molecule has 0 fully saturated rings. The molecule has 0 aromatic heterocycles. The van der Waals surface area contributed by atoms with Gasteiger partial charge in [-0.2, -0.15) is 0 Å². The summed E-state index contributed by atoms with van der Waals surface area (Å²) in [6.45, 7) is 2.28. The number of unbranched alkanes of at least 4 members (excludes halogenated alkanes) is 14. The molecule has 7 heteroatoms. The molecule has 0 saturated heterocycles. The Kier molecular flexibility index (Phi) is 24.1. The van der Waals surface area contributed by atoms with Crippen LogP contribution in [0, 0.1) is 0 Å². The first-order valence-electron chi connectivity index (χ1n) is 11.8. The van der Waals surface area contributed by atoms with Crippen molar-refractivity contribution in [2.45, 2.75) is 129 Å². The van der Waals surface area contributed by atoms with Crippen LogP contribution in [-0.2, 0) is 14.4 Å². The maximum absolute atomic E-state index is 10.6. The van der Waals surface area contributed by atoms with Gasteiger partial charge >= 0.3 is 11.9 Å². The summed E-state index contributed by atoms with van der Waals surface area (Å²) in [6.07, 6.45) is 20.7. The van der Waals surface area contributed by atoms with E-state index >= 15 is 0 Å². The summed E-state index contributed by atoms with van der Waals surface area (Å²) >= 11 is 0. The van der Waals surface area contributed by atoms with Crippen molar-refractivity contribution < 1.29 is 24.6 Å². The Morgan fingerprint density at radius 3 is 1.33 bits per heavy atom. The molecule has 178 valence electrons. The Hall–Kier alpha value is -1.63. The van der Waals surface area contributed by atoms with Crippen LogP contribution in [0.1, 0.15) is 122 Å². The zero-order valence-electron chi connectivity index (χ0n) is 19.1. The minimum absolute atomic E-state index is 0.0231. The first kappa shape index (κ1) is 30.6. The molecule has 6 N–H and O–H groups in total. The fourth-order valence-electron chi connectivity index (χ4n) is 3.07. The van der Waals surface area contributed by atoms with Crippen molar-refractivity contribution in [3.8, 4) is 0 Å². The van der Waals surface area contributed by atoms with Gasteiger partial charge in [0.15, 0.2) is 0 Å². The monoisotopic (exact) mass is 430 g/mol. The average molecular weight is 431 g/mol. The van der Waals surface area contributed by atoms with Crippen molar-refractivity contribution in [1.82, 2.24) is 0 Å². The first-order valence-corrected chi connectivity index (χ1v) is 11.8. The van der Waals surface area contributed by atoms with Gasteiger partial charge in [0.25, 0.3) is 0 Å². The second kappa shape index (κ2) is 23.6. The van der Waals surface area contributed by atoms with Gasteiger partial charge in [-0.05, 0) is 12.8 Å². The SMILES string of the molecule is CCCCCCCCCCCCCCCCCC(N)=O.NC(CCC(=O)O)C(=O)O. The molecule has 0 saturated carbocycles. The predicted molar refractivity (Wildman–Crippen MR) is 121 cm³/mol. The number of hydrogen-bond acceptors (Lipinski definition) is 4. The van der Waals surface area contributed by atoms with E-state index < -0.39 is 18.0 Å². The van der Waals surface area contributed by atoms with Crippen molar-refractivity contribution in [3.05, 3.63) is 0 Å². The lowest BCUT2D eigenvalue weighted by Crippen LogP contribution is -2.30. The van der Waals surface area contributed by atoms with Gasteiger partial charge in [-0.25, -0.2) is 0 Å². The molecule has 0 heterocycles. The van der Waals surface area contributed by atoms with Gasteiger partial charge in [-0.15, -0.1) is 0 Å². The number of nitrogens with two attached hydrogens (primary N) is 2. The number of carbonyl (C=O) groups excluding carboxylic acids is 1. The van der Waals surface area contributed by atoms with Crippen LogP contribution in [0.3, 0.4) is 0 Å². The summed E-state index contributed by atoms with van der Waals surface area (Å²) in [5.41, 5.74) is 10.1. The van der Waals surface area contributed by atoms with E-state index in [0.717, 1.165) is 6.42 Å². The van der Waals surface area contributed by atoms with Crippen LogP contribution in [-0.4, -0.2) is 34.1 Å². The highest BCUT2D eigenvalue weighted by atomic mass is 16.4. The molecule has 0 aliphatic carbocycles. The lowest BCUT2D eigenvalue weighted by Gasteiger charge is -2.03. The third-order valence-electron chi connectivity index (χ3n) is 5.01. The van der Waals surface area contributed by atoms with E-state index in [0.29, 0.717) is 6.42 Å². The number of aliphatic carboxylic acids is 2. The molecule has 0 spiro atoms. The quantitative estimate of drug-likeness (QED) is 0.200. The summed E-state index contributed by atoms with van der Waals surface area (Å²) in [6, 6.07) is -1.06. The molecule has 0 aliphatic heterocycles. The second-order valence-corrected chi connectivity index (χ2v) is 8.04. The van der Waals surface area contributed by atoms with Gasteiger partial charge in [0, 0.05) is 12.8 Å². The molecule has 1 unspecified atom stereocenters. The molecule has 1 atom stereocenters. The zero-order chi connectivity index (χ0) is 23.0. The fourth-order valence-corrected chi connectivity index (χ4v) is 3.07. The van der Waals surface area contributed by atoms with Crippen LogP contribution in [0.15, 0.2) is 0 Å². The van der Waals surface area contributed by atoms with Crippen molar-refractivity contribution >= 4 is 17.8 Å². The predicted octanol–water partition coefficient (Wildman–Crippen LogP) is 5.00. The highest BCUT2D eigenvalue weighted by molar-refractivity contribution is 5.74. The standard InChI is InChI=1S/C18H37NO.C5H9NO4/c1-2-3-4-5-6-7-8-9-10-11-12-13-14-15-16-17-18(19)20;6-3(5(9)10)1-2-4(7)8/h2-17H2,1H3,(H2,19,20);3H,1-2,6H2,(H,7,8)(H,9,10). The maximum Gasteiger partial charge on any atom is 0.320 e. The van der Waals surface area contributed by atoms with Crippen molar-refractivity contribution in [2.75, 3.05) is 0 Å². The Bertz CT molecular complexity index is 430. The van der Waals surface area contributed by atoms with Gasteiger partial charge in [0.1, 0.15) is 6.04 Å². The highest BCUT2D eigenvalue weighted by Gasteiger charge is 2.12. The molecule has 0 bridgehead atoms. The van der Waals surface area contributed by atoms with Crippen LogP contribution in [0.4, 0.5) is 0 Å². The van der Waals surface area contributed by atoms with Gasteiger partial charge < -0.3 is 21.7 Å². The topological polar surface area (TPSA) is 144 Å². The molecular formula is C23H46N2O5. The molecule has 0 aromatic rings. The molecule has 0 aliphatic rings. The number of amides is 1. The number of primary amides is 1. The van der Waals surface area contributed by atoms with Crippen LogP contribution in [0.25, 0.3) is 0 Å². The molecule has 0 radical (unpaired) electrons. The Labute approximate surface area is 183 Å². The summed E-state index contributed by atoms with van der Waals surface area (Å²) < 4.78 is 0. The van der Waals surface area contributed by atoms with E-state index in [1.54, 1.807) is 0 Å². The van der Waals surface area contributed by atoms with E-state index in [2.05, 4.69) is 6.92 Å². The second-order valence-electron chi connectivity index (χ2n) is 8.04. The molecule has 0 rings (SSSR count). The summed E-state index contributed by atoms with van der Waals surface area (Å²) in [5, 5.41) is 16.3. The van der Waals surface area contributed by atoms with Crippen LogP contribution < -0.4 is 11.5 Å². The number of carbonyl (C=O) groups is 3. The molecular weight excluding hydrogens is 384 g/mol. The summed E-state index contributed by atoms with van der Waals surface area (Å²) in [7, 11) is 0. The lowest BCUT2D eigenvalue weighted by molar-refractivity contribution is -0.139. The Morgan fingerprint density at radius 1 is 0.667 bits per heavy atom. The molecule has 7 nitrogen and oxygen atoms in total. The van der Waals surface area contributed by atoms with Crippen molar-refractivity contribution in [3.63, 3.8) is 0 Å². The molecule has 0 aromatic carbocycles. The maximum atomic E-state index is 10.6. The number of carboxylic acids is 2. The van der Waals surface area contributed by atoms with Crippen LogP contribution in [0.2, 0.25) is 0 Å². The largest absolute Gasteiger partial charge is 0.481 e. The normalized spacial score (nSPS) is 11.4. The van der Waals surface area contributed by atoms with E-state index in [4.69, 9.17) is 21.7 Å². The fraction of sp³-hybridized carbons (Fsp3) is 0.870. The van der Waals surface area contributed by atoms with E-state index in [1.165, 1.54) is 89.9 Å². The lowest BCUT2D eigenvalue weighted by atomic mass is 10.0. The average Bonchev–Trinajstić information content (AvgIpc) is 2.69. The van der Waals surface area contributed by atoms with Gasteiger partial charge in [0.2, 0.25) is 5.91 Å².